The van der Waals surface area contributed by atoms with Crippen molar-refractivity contribution >= 4 is 34.9 Å². The third kappa shape index (κ3) is 4.61. The monoisotopic (exact) mass is 439 g/mol. The Morgan fingerprint density at radius 3 is 2.32 bits per heavy atom. The molecule has 0 radical (unpaired) electrons. The Morgan fingerprint density at radius 1 is 1.13 bits per heavy atom. The smallest absolute Gasteiger partial charge is 0.337 e. The van der Waals surface area contributed by atoms with Gasteiger partial charge in [0.1, 0.15) is 0 Å². The lowest BCUT2D eigenvalue weighted by Crippen LogP contribution is -2.35. The number of benzene rings is 1. The third-order valence-corrected chi connectivity index (χ3v) is 6.02. The Hall–Kier alpha value is -2.80. The molecule has 0 atom stereocenters. The average molecular weight is 440 g/mol. The van der Waals surface area contributed by atoms with Crippen molar-refractivity contribution in [2.24, 2.45) is 4.99 Å². The highest BCUT2D eigenvalue weighted by Gasteiger charge is 2.35. The number of aliphatic imine (C=N–C) groups is 1. The molecule has 0 saturated carbocycles. The Kier molecular flexibility index (Phi) is 6.74. The molecule has 0 spiro atoms. The van der Waals surface area contributed by atoms with Crippen LogP contribution >= 0.6 is 11.8 Å². The highest BCUT2D eigenvalue weighted by molar-refractivity contribution is 8.18. The van der Waals surface area contributed by atoms with Gasteiger partial charge in [-0.15, -0.1) is 0 Å². The number of nitrogens with zero attached hydrogens (tertiary/aromatic N) is 3. The van der Waals surface area contributed by atoms with Crippen molar-refractivity contribution in [1.29, 1.82) is 0 Å². The van der Waals surface area contributed by atoms with Gasteiger partial charge in [-0.05, 0) is 95.3 Å². The topological polar surface area (TPSA) is 63.9 Å². The van der Waals surface area contributed by atoms with E-state index in [0.717, 1.165) is 27.8 Å². The molecule has 1 fully saturated rings. The molecule has 0 unspecified atom stereocenters. The summed E-state index contributed by atoms with van der Waals surface area (Å²) < 4.78 is 6.89. The number of hydrogen-bond acceptors (Lipinski definition) is 5. The fourth-order valence-corrected chi connectivity index (χ4v) is 4.81. The standard InChI is InChI=1S/C24H29N3O3S/c1-14(2)25-24-26(15(3)4)22(28)21(31-24)13-19-12-16(5)27(17(19)6)20-10-8-18(9-11-20)23(29)30-7/h8-15H,1-7H3/b21-13+,25-24?. The van der Waals surface area contributed by atoms with Gasteiger partial charge >= 0.3 is 5.97 Å². The van der Waals surface area contributed by atoms with E-state index in [-0.39, 0.29) is 24.0 Å². The maximum absolute atomic E-state index is 13.1. The summed E-state index contributed by atoms with van der Waals surface area (Å²) >= 11 is 1.43. The van der Waals surface area contributed by atoms with Crippen LogP contribution in [0.3, 0.4) is 0 Å². The minimum absolute atomic E-state index is 0.00775. The van der Waals surface area contributed by atoms with E-state index >= 15 is 0 Å². The molecule has 1 aliphatic heterocycles. The molecule has 7 heteroatoms. The zero-order valence-corrected chi connectivity index (χ0v) is 19.9. The molecule has 6 nitrogen and oxygen atoms in total. The van der Waals surface area contributed by atoms with Crippen molar-refractivity contribution in [3.63, 3.8) is 0 Å². The molecule has 3 rings (SSSR count). The Morgan fingerprint density at radius 2 is 1.77 bits per heavy atom. The van der Waals surface area contributed by atoms with Gasteiger partial charge < -0.3 is 9.30 Å². The minimum Gasteiger partial charge on any atom is -0.465 e. The molecular weight excluding hydrogens is 410 g/mol. The first kappa shape index (κ1) is 22.9. The molecular formula is C24H29N3O3S. The van der Waals surface area contributed by atoms with Crippen LogP contribution in [0.15, 0.2) is 40.2 Å². The molecule has 2 aromatic rings. The molecule has 1 saturated heterocycles. The van der Waals surface area contributed by atoms with E-state index in [0.29, 0.717) is 10.5 Å². The quantitative estimate of drug-likeness (QED) is 0.487. The number of amides is 1. The molecule has 1 aliphatic rings. The number of amidine groups is 1. The molecule has 164 valence electrons. The number of methoxy groups -OCH3 is 1. The van der Waals surface area contributed by atoms with Crippen molar-refractivity contribution in [3.05, 3.63) is 57.8 Å². The summed E-state index contributed by atoms with van der Waals surface area (Å²) in [5.74, 6) is -0.366. The van der Waals surface area contributed by atoms with Crippen molar-refractivity contribution in [3.8, 4) is 5.69 Å². The summed E-state index contributed by atoms with van der Waals surface area (Å²) in [6.07, 6.45) is 1.95. The number of aryl methyl sites for hydroxylation is 1. The first-order valence-electron chi connectivity index (χ1n) is 10.3. The number of rotatable bonds is 5. The molecule has 0 aliphatic carbocycles. The van der Waals surface area contributed by atoms with Crippen LogP contribution < -0.4 is 0 Å². The Bertz CT molecular complexity index is 1060. The lowest BCUT2D eigenvalue weighted by Gasteiger charge is -2.20. The van der Waals surface area contributed by atoms with Gasteiger partial charge in [0.2, 0.25) is 0 Å². The largest absolute Gasteiger partial charge is 0.465 e. The summed E-state index contributed by atoms with van der Waals surface area (Å²) in [4.78, 5) is 31.8. The van der Waals surface area contributed by atoms with E-state index in [1.807, 2.05) is 59.8 Å². The van der Waals surface area contributed by atoms with E-state index in [1.165, 1.54) is 18.9 Å². The van der Waals surface area contributed by atoms with Crippen LogP contribution in [0.25, 0.3) is 11.8 Å². The predicted molar refractivity (Wildman–Crippen MR) is 127 cm³/mol. The van der Waals surface area contributed by atoms with Gasteiger partial charge in [-0.2, -0.15) is 0 Å². The van der Waals surface area contributed by atoms with Crippen molar-refractivity contribution < 1.29 is 14.3 Å². The zero-order chi connectivity index (χ0) is 22.9. The fraction of sp³-hybridized carbons (Fsp3) is 0.375. The number of thioether (sulfide) groups is 1. The predicted octanol–water partition coefficient (Wildman–Crippen LogP) is 4.97. The number of ether oxygens (including phenoxy) is 1. The number of carbonyl (C=O) groups is 2. The summed E-state index contributed by atoms with van der Waals surface area (Å²) in [5.41, 5.74) is 4.51. The highest BCUT2D eigenvalue weighted by Crippen LogP contribution is 2.35. The van der Waals surface area contributed by atoms with Crippen LogP contribution in [0, 0.1) is 13.8 Å². The summed E-state index contributed by atoms with van der Waals surface area (Å²) in [6.45, 7) is 12.1. The average Bonchev–Trinajstić information content (AvgIpc) is 3.16. The SMILES string of the molecule is COC(=O)c1ccc(-n2c(C)cc(/C=C3/SC(=NC(C)C)N(C(C)C)C3=O)c2C)cc1. The third-order valence-electron chi connectivity index (χ3n) is 5.03. The van der Waals surface area contributed by atoms with Crippen LogP contribution in [-0.2, 0) is 9.53 Å². The van der Waals surface area contributed by atoms with Crippen LogP contribution in [-0.4, -0.2) is 45.7 Å². The molecule has 1 aromatic heterocycles. The number of esters is 1. The molecule has 0 N–H and O–H groups in total. The van der Waals surface area contributed by atoms with Gasteiger partial charge in [0.25, 0.3) is 5.91 Å². The number of aromatic nitrogens is 1. The number of carbonyl (C=O) groups excluding carboxylic acids is 2. The maximum atomic E-state index is 13.1. The van der Waals surface area contributed by atoms with Crippen molar-refractivity contribution in [2.75, 3.05) is 7.11 Å². The second kappa shape index (κ2) is 9.14. The molecule has 0 bridgehead atoms. The van der Waals surface area contributed by atoms with Gasteiger partial charge in [-0.3, -0.25) is 14.7 Å². The lowest BCUT2D eigenvalue weighted by molar-refractivity contribution is -0.123. The van der Waals surface area contributed by atoms with Gasteiger partial charge in [0.05, 0.1) is 17.6 Å². The maximum Gasteiger partial charge on any atom is 0.337 e. The minimum atomic E-state index is -0.358. The van der Waals surface area contributed by atoms with Crippen LogP contribution in [0.1, 0.15) is 55.0 Å². The fourth-order valence-electron chi connectivity index (χ4n) is 3.59. The Balaban J connectivity index is 1.98. The van der Waals surface area contributed by atoms with Gasteiger partial charge in [-0.1, -0.05) is 0 Å². The van der Waals surface area contributed by atoms with Crippen LogP contribution in [0.4, 0.5) is 0 Å². The normalized spacial score (nSPS) is 16.9. The number of hydrogen-bond donors (Lipinski definition) is 0. The van der Waals surface area contributed by atoms with Gasteiger partial charge in [0.15, 0.2) is 5.17 Å². The molecule has 2 heterocycles. The summed E-state index contributed by atoms with van der Waals surface area (Å²) in [6, 6.07) is 9.53. The summed E-state index contributed by atoms with van der Waals surface area (Å²) in [7, 11) is 1.37. The van der Waals surface area contributed by atoms with E-state index in [2.05, 4.69) is 15.6 Å². The second-order valence-corrected chi connectivity index (χ2v) is 9.09. The first-order chi connectivity index (χ1) is 14.6. The second-order valence-electron chi connectivity index (χ2n) is 8.09. The Labute approximate surface area is 188 Å². The van der Waals surface area contributed by atoms with E-state index in [4.69, 9.17) is 4.74 Å². The zero-order valence-electron chi connectivity index (χ0n) is 19.1. The molecule has 31 heavy (non-hydrogen) atoms. The lowest BCUT2D eigenvalue weighted by atomic mass is 10.2. The van der Waals surface area contributed by atoms with Crippen LogP contribution in [0.5, 0.6) is 0 Å². The highest BCUT2D eigenvalue weighted by atomic mass is 32.2. The van der Waals surface area contributed by atoms with Crippen molar-refractivity contribution in [2.45, 2.75) is 53.6 Å². The first-order valence-corrected chi connectivity index (χ1v) is 11.1. The molecule has 1 aromatic carbocycles. The van der Waals surface area contributed by atoms with E-state index < -0.39 is 0 Å². The summed E-state index contributed by atoms with van der Waals surface area (Å²) in [5, 5.41) is 0.758. The van der Waals surface area contributed by atoms with E-state index in [1.54, 1.807) is 17.0 Å². The van der Waals surface area contributed by atoms with E-state index in [9.17, 15) is 9.59 Å². The van der Waals surface area contributed by atoms with Gasteiger partial charge in [-0.25, -0.2) is 4.79 Å². The molecule has 1 amide bonds. The van der Waals surface area contributed by atoms with Crippen LogP contribution in [0.2, 0.25) is 0 Å². The van der Waals surface area contributed by atoms with Crippen molar-refractivity contribution in [1.82, 2.24) is 9.47 Å². The van der Waals surface area contributed by atoms with Gasteiger partial charge in [0, 0.05) is 29.2 Å².